The van der Waals surface area contributed by atoms with Crippen molar-refractivity contribution in [1.29, 1.82) is 0 Å². The van der Waals surface area contributed by atoms with Gasteiger partial charge < -0.3 is 5.11 Å². The first kappa shape index (κ1) is 14.3. The van der Waals surface area contributed by atoms with Gasteiger partial charge in [0.2, 0.25) is 0 Å². The summed E-state index contributed by atoms with van der Waals surface area (Å²) >= 11 is 5.74. The number of aromatic carboxylic acids is 1. The maximum Gasteiger partial charge on any atom is 0.417 e. The Hall–Kier alpha value is -2.08. The Labute approximate surface area is 116 Å². The summed E-state index contributed by atoms with van der Waals surface area (Å²) in [6.07, 6.45) is -2.64. The Morgan fingerprint density at radius 3 is 2.50 bits per heavy atom. The molecule has 2 rings (SSSR count). The average Bonchev–Trinajstić information content (AvgIpc) is 2.37. The molecule has 104 valence electrons. The van der Waals surface area contributed by atoms with Gasteiger partial charge in [0.05, 0.1) is 11.1 Å². The summed E-state index contributed by atoms with van der Waals surface area (Å²) < 4.78 is 38.9. The van der Waals surface area contributed by atoms with Crippen molar-refractivity contribution >= 4 is 17.6 Å². The molecular weight excluding hydrogens is 295 g/mol. The van der Waals surface area contributed by atoms with Crippen LogP contribution in [0.4, 0.5) is 13.2 Å². The monoisotopic (exact) mass is 301 g/mol. The van der Waals surface area contributed by atoms with Crippen LogP contribution in [-0.4, -0.2) is 16.1 Å². The van der Waals surface area contributed by atoms with Crippen molar-refractivity contribution in [2.45, 2.75) is 6.18 Å². The average molecular weight is 302 g/mol. The molecule has 0 saturated carbocycles. The van der Waals surface area contributed by atoms with E-state index in [4.69, 9.17) is 16.7 Å². The van der Waals surface area contributed by atoms with E-state index in [1.807, 2.05) is 0 Å². The highest BCUT2D eigenvalue weighted by Gasteiger charge is 2.34. The largest absolute Gasteiger partial charge is 0.478 e. The van der Waals surface area contributed by atoms with E-state index in [1.54, 1.807) is 0 Å². The van der Waals surface area contributed by atoms with Crippen molar-refractivity contribution < 1.29 is 23.1 Å². The summed E-state index contributed by atoms with van der Waals surface area (Å²) in [6, 6.07) is 4.43. The van der Waals surface area contributed by atoms with Crippen LogP contribution in [0.2, 0.25) is 5.02 Å². The van der Waals surface area contributed by atoms with Gasteiger partial charge >= 0.3 is 12.1 Å². The van der Waals surface area contributed by atoms with E-state index in [0.717, 1.165) is 24.5 Å². The Kier molecular flexibility index (Phi) is 3.67. The standard InChI is InChI=1S/C13H7ClF3NO2/c14-7-1-2-8(12(19)20)9(5-7)10-6-18-4-3-11(10)13(15,16)17/h1-6H,(H,19,20). The van der Waals surface area contributed by atoms with E-state index >= 15 is 0 Å². The number of carboxylic acids is 1. The highest BCUT2D eigenvalue weighted by molar-refractivity contribution is 6.31. The number of nitrogens with zero attached hydrogens (tertiary/aromatic N) is 1. The van der Waals surface area contributed by atoms with E-state index in [0.29, 0.717) is 0 Å². The lowest BCUT2D eigenvalue weighted by Gasteiger charge is -2.14. The lowest BCUT2D eigenvalue weighted by molar-refractivity contribution is -0.137. The molecule has 0 unspecified atom stereocenters. The van der Waals surface area contributed by atoms with Gasteiger partial charge in [-0.15, -0.1) is 0 Å². The molecule has 20 heavy (non-hydrogen) atoms. The zero-order valence-corrected chi connectivity index (χ0v) is 10.5. The number of alkyl halides is 3. The molecule has 0 saturated heterocycles. The molecule has 0 fully saturated rings. The van der Waals surface area contributed by atoms with Gasteiger partial charge in [0.25, 0.3) is 0 Å². The normalized spacial score (nSPS) is 11.4. The number of benzene rings is 1. The minimum Gasteiger partial charge on any atom is -0.478 e. The number of aromatic nitrogens is 1. The molecule has 1 heterocycles. The third-order valence-electron chi connectivity index (χ3n) is 2.63. The molecule has 0 atom stereocenters. The van der Waals surface area contributed by atoms with Gasteiger partial charge in [0.15, 0.2) is 0 Å². The van der Waals surface area contributed by atoms with E-state index < -0.39 is 17.7 Å². The van der Waals surface area contributed by atoms with Crippen LogP contribution in [0.25, 0.3) is 11.1 Å². The SMILES string of the molecule is O=C(O)c1ccc(Cl)cc1-c1cnccc1C(F)(F)F. The Balaban J connectivity index is 2.75. The molecule has 1 N–H and O–H groups in total. The highest BCUT2D eigenvalue weighted by Crippen LogP contribution is 2.38. The van der Waals surface area contributed by atoms with Crippen molar-refractivity contribution in [1.82, 2.24) is 4.98 Å². The van der Waals surface area contributed by atoms with Crippen molar-refractivity contribution in [2.75, 3.05) is 0 Å². The van der Waals surface area contributed by atoms with Crippen LogP contribution < -0.4 is 0 Å². The zero-order valence-electron chi connectivity index (χ0n) is 9.78. The minimum absolute atomic E-state index is 0.120. The molecule has 0 aliphatic heterocycles. The number of pyridine rings is 1. The van der Waals surface area contributed by atoms with Crippen LogP contribution in [0.3, 0.4) is 0 Å². The predicted octanol–water partition coefficient (Wildman–Crippen LogP) is 4.12. The molecule has 0 aliphatic carbocycles. The summed E-state index contributed by atoms with van der Waals surface area (Å²) in [6.45, 7) is 0. The third-order valence-corrected chi connectivity index (χ3v) is 2.86. The first-order chi connectivity index (χ1) is 9.30. The fourth-order valence-electron chi connectivity index (χ4n) is 1.78. The first-order valence-electron chi connectivity index (χ1n) is 5.35. The summed E-state index contributed by atoms with van der Waals surface area (Å²) in [5.41, 5.74) is -1.67. The van der Waals surface area contributed by atoms with Crippen LogP contribution in [0.5, 0.6) is 0 Å². The molecule has 0 aliphatic rings. The van der Waals surface area contributed by atoms with Crippen LogP contribution in [-0.2, 0) is 6.18 Å². The van der Waals surface area contributed by atoms with E-state index in [9.17, 15) is 18.0 Å². The maximum absolute atomic E-state index is 13.0. The molecule has 1 aromatic carbocycles. The molecule has 3 nitrogen and oxygen atoms in total. The number of hydrogen-bond donors (Lipinski definition) is 1. The zero-order chi connectivity index (χ0) is 14.9. The van der Waals surface area contributed by atoms with Gasteiger partial charge in [0.1, 0.15) is 0 Å². The quantitative estimate of drug-likeness (QED) is 0.907. The summed E-state index contributed by atoms with van der Waals surface area (Å²) in [7, 11) is 0. The number of rotatable bonds is 2. The summed E-state index contributed by atoms with van der Waals surface area (Å²) in [5.74, 6) is -1.34. The number of carbonyl (C=O) groups is 1. The van der Waals surface area contributed by atoms with Gasteiger partial charge in [-0.1, -0.05) is 11.6 Å². The van der Waals surface area contributed by atoms with Gasteiger partial charge in [-0.05, 0) is 29.8 Å². The third kappa shape index (κ3) is 2.75. The predicted molar refractivity (Wildman–Crippen MR) is 66.6 cm³/mol. The second kappa shape index (κ2) is 5.13. The molecule has 2 aromatic rings. The van der Waals surface area contributed by atoms with E-state index in [-0.39, 0.29) is 21.7 Å². The first-order valence-corrected chi connectivity index (χ1v) is 5.73. The molecule has 0 spiro atoms. The second-order valence-corrected chi connectivity index (χ2v) is 4.35. The fourth-order valence-corrected chi connectivity index (χ4v) is 1.95. The smallest absolute Gasteiger partial charge is 0.417 e. The topological polar surface area (TPSA) is 50.2 Å². The molecule has 0 radical (unpaired) electrons. The minimum atomic E-state index is -4.61. The highest BCUT2D eigenvalue weighted by atomic mass is 35.5. The lowest BCUT2D eigenvalue weighted by Crippen LogP contribution is -2.09. The van der Waals surface area contributed by atoms with Gasteiger partial charge in [0, 0.05) is 23.0 Å². The maximum atomic E-state index is 13.0. The van der Waals surface area contributed by atoms with Crippen molar-refractivity contribution in [3.8, 4) is 11.1 Å². The van der Waals surface area contributed by atoms with Crippen molar-refractivity contribution in [2.24, 2.45) is 0 Å². The Bertz CT molecular complexity index is 671. The van der Waals surface area contributed by atoms with Crippen molar-refractivity contribution in [3.05, 3.63) is 52.8 Å². The second-order valence-electron chi connectivity index (χ2n) is 3.91. The van der Waals surface area contributed by atoms with Gasteiger partial charge in [-0.3, -0.25) is 4.98 Å². The number of hydrogen-bond acceptors (Lipinski definition) is 2. The molecule has 0 amide bonds. The molecule has 7 heteroatoms. The number of halogens is 4. The number of carboxylic acid groups (broad SMARTS) is 1. The summed E-state index contributed by atoms with van der Waals surface area (Å²) in [4.78, 5) is 14.8. The molecular formula is C13H7ClF3NO2. The molecule has 1 aromatic heterocycles. The summed E-state index contributed by atoms with van der Waals surface area (Å²) in [5, 5.41) is 9.21. The van der Waals surface area contributed by atoms with E-state index in [1.165, 1.54) is 12.1 Å². The van der Waals surface area contributed by atoms with Crippen LogP contribution in [0.1, 0.15) is 15.9 Å². The van der Waals surface area contributed by atoms with Crippen molar-refractivity contribution in [3.63, 3.8) is 0 Å². The van der Waals surface area contributed by atoms with Crippen LogP contribution in [0.15, 0.2) is 36.7 Å². The van der Waals surface area contributed by atoms with Crippen LogP contribution >= 0.6 is 11.6 Å². The van der Waals surface area contributed by atoms with Crippen LogP contribution in [0, 0.1) is 0 Å². The lowest BCUT2D eigenvalue weighted by atomic mass is 9.97. The Morgan fingerprint density at radius 2 is 1.90 bits per heavy atom. The Morgan fingerprint density at radius 1 is 1.20 bits per heavy atom. The van der Waals surface area contributed by atoms with E-state index in [2.05, 4.69) is 4.98 Å². The fraction of sp³-hybridized carbons (Fsp3) is 0.0769. The van der Waals surface area contributed by atoms with Gasteiger partial charge in [-0.25, -0.2) is 4.79 Å². The molecule has 0 bridgehead atoms. The van der Waals surface area contributed by atoms with Gasteiger partial charge in [-0.2, -0.15) is 13.2 Å².